The van der Waals surface area contributed by atoms with Crippen molar-refractivity contribution in [3.63, 3.8) is 0 Å². The summed E-state index contributed by atoms with van der Waals surface area (Å²) in [4.78, 5) is 0. The first-order valence-corrected chi connectivity index (χ1v) is 5.85. The Kier molecular flexibility index (Phi) is 2.41. The normalized spacial score (nSPS) is 23.4. The zero-order valence-corrected chi connectivity index (χ0v) is 9.68. The minimum absolute atomic E-state index is 0.111. The van der Waals surface area contributed by atoms with Gasteiger partial charge in [0.15, 0.2) is 0 Å². The number of nitrogens with one attached hydrogen (secondary N) is 1. The van der Waals surface area contributed by atoms with Crippen molar-refractivity contribution in [3.05, 3.63) is 53.5 Å². The van der Waals surface area contributed by atoms with Crippen LogP contribution in [0, 0.1) is 0 Å². The van der Waals surface area contributed by atoms with E-state index in [4.69, 9.17) is 4.42 Å². The van der Waals surface area contributed by atoms with Gasteiger partial charge in [0.05, 0.1) is 12.3 Å². The second-order valence-electron chi connectivity index (χ2n) is 4.60. The van der Waals surface area contributed by atoms with Crippen molar-refractivity contribution in [2.45, 2.75) is 25.4 Å². The zero-order valence-electron chi connectivity index (χ0n) is 9.68. The molecule has 1 aliphatic heterocycles. The summed E-state index contributed by atoms with van der Waals surface area (Å²) in [6.45, 7) is 2.14. The maximum Gasteiger partial charge on any atom is 0.115 e. The third kappa shape index (κ3) is 1.83. The topological polar surface area (TPSA) is 45.4 Å². The number of hydrogen-bond donors (Lipinski definition) is 2. The van der Waals surface area contributed by atoms with E-state index in [1.165, 1.54) is 5.56 Å². The number of fused-ring (bicyclic) bond motifs is 1. The molecule has 3 heteroatoms. The van der Waals surface area contributed by atoms with Crippen LogP contribution in [0.15, 0.2) is 41.0 Å². The van der Waals surface area contributed by atoms with Gasteiger partial charge in [-0.15, -0.1) is 0 Å². The average Bonchev–Trinajstić information content (AvgIpc) is 2.75. The Morgan fingerprint density at radius 1 is 1.35 bits per heavy atom. The van der Waals surface area contributed by atoms with E-state index in [9.17, 15) is 5.11 Å². The van der Waals surface area contributed by atoms with Crippen LogP contribution in [0.3, 0.4) is 0 Å². The number of rotatable bonds is 1. The van der Waals surface area contributed by atoms with E-state index in [1.54, 1.807) is 18.4 Å². The summed E-state index contributed by atoms with van der Waals surface area (Å²) in [5.41, 5.74) is 2.24. The minimum Gasteiger partial charge on any atom is -0.508 e. The summed E-state index contributed by atoms with van der Waals surface area (Å²) >= 11 is 0. The van der Waals surface area contributed by atoms with Crippen LogP contribution in [0.25, 0.3) is 0 Å². The highest BCUT2D eigenvalue weighted by Crippen LogP contribution is 2.32. The van der Waals surface area contributed by atoms with E-state index in [0.717, 1.165) is 17.7 Å². The molecule has 2 aromatic rings. The van der Waals surface area contributed by atoms with Gasteiger partial charge in [0.2, 0.25) is 0 Å². The van der Waals surface area contributed by atoms with Gasteiger partial charge in [0.1, 0.15) is 11.5 Å². The predicted molar refractivity (Wildman–Crippen MR) is 65.0 cm³/mol. The summed E-state index contributed by atoms with van der Waals surface area (Å²) in [5.74, 6) is 1.34. The predicted octanol–water partition coefficient (Wildman–Crippen LogP) is 2.61. The molecule has 0 radical (unpaired) electrons. The van der Waals surface area contributed by atoms with Gasteiger partial charge in [-0.25, -0.2) is 0 Å². The molecule has 1 aliphatic rings. The van der Waals surface area contributed by atoms with E-state index < -0.39 is 0 Å². The Balaban J connectivity index is 2.05. The number of benzene rings is 1. The average molecular weight is 229 g/mol. The Morgan fingerprint density at radius 2 is 2.24 bits per heavy atom. The van der Waals surface area contributed by atoms with Crippen LogP contribution in [-0.2, 0) is 6.42 Å². The maximum absolute atomic E-state index is 9.56. The fourth-order valence-corrected chi connectivity index (χ4v) is 2.47. The molecule has 88 valence electrons. The summed E-state index contributed by atoms with van der Waals surface area (Å²) in [5, 5.41) is 13.1. The molecule has 1 aromatic heterocycles. The molecular formula is C14H15NO2. The molecule has 0 bridgehead atoms. The second-order valence-corrected chi connectivity index (χ2v) is 4.60. The van der Waals surface area contributed by atoms with Gasteiger partial charge in [-0.2, -0.15) is 0 Å². The molecule has 2 N–H and O–H groups in total. The van der Waals surface area contributed by atoms with E-state index in [-0.39, 0.29) is 6.04 Å². The SMILES string of the molecule is CC1Cc2occc2C(c2cccc(O)c2)N1. The largest absolute Gasteiger partial charge is 0.508 e. The molecule has 1 aromatic carbocycles. The second kappa shape index (κ2) is 3.93. The highest BCUT2D eigenvalue weighted by molar-refractivity contribution is 5.38. The first-order valence-electron chi connectivity index (χ1n) is 5.85. The standard InChI is InChI=1S/C14H15NO2/c1-9-7-13-12(5-6-17-13)14(15-9)10-3-2-4-11(16)8-10/h2-6,8-9,14-16H,7H2,1H3. The number of aromatic hydroxyl groups is 1. The molecule has 3 nitrogen and oxygen atoms in total. The fraction of sp³-hybridized carbons (Fsp3) is 0.286. The molecule has 0 aliphatic carbocycles. The molecule has 3 rings (SSSR count). The van der Waals surface area contributed by atoms with Gasteiger partial charge in [0.25, 0.3) is 0 Å². The van der Waals surface area contributed by atoms with Crippen LogP contribution < -0.4 is 5.32 Å². The van der Waals surface area contributed by atoms with E-state index >= 15 is 0 Å². The van der Waals surface area contributed by atoms with Crippen LogP contribution in [0.5, 0.6) is 5.75 Å². The fourth-order valence-electron chi connectivity index (χ4n) is 2.47. The lowest BCUT2D eigenvalue weighted by atomic mass is 9.92. The Morgan fingerprint density at radius 3 is 3.06 bits per heavy atom. The summed E-state index contributed by atoms with van der Waals surface area (Å²) in [6.07, 6.45) is 2.65. The van der Waals surface area contributed by atoms with Gasteiger partial charge in [-0.05, 0) is 30.7 Å². The first kappa shape index (κ1) is 10.4. The minimum atomic E-state index is 0.111. The highest BCUT2D eigenvalue weighted by atomic mass is 16.3. The third-order valence-corrected chi connectivity index (χ3v) is 3.24. The van der Waals surface area contributed by atoms with Gasteiger partial charge in [-0.1, -0.05) is 12.1 Å². The van der Waals surface area contributed by atoms with Crippen molar-refractivity contribution in [1.29, 1.82) is 0 Å². The number of phenolic OH excluding ortho intramolecular Hbond substituents is 1. The van der Waals surface area contributed by atoms with Crippen molar-refractivity contribution in [3.8, 4) is 5.75 Å². The lowest BCUT2D eigenvalue weighted by Gasteiger charge is -2.28. The van der Waals surface area contributed by atoms with Crippen molar-refractivity contribution < 1.29 is 9.52 Å². The Hall–Kier alpha value is -1.74. The van der Waals surface area contributed by atoms with Crippen LogP contribution in [0.1, 0.15) is 29.9 Å². The molecule has 0 amide bonds. The van der Waals surface area contributed by atoms with Gasteiger partial charge in [-0.3, -0.25) is 0 Å². The van der Waals surface area contributed by atoms with Gasteiger partial charge < -0.3 is 14.8 Å². The van der Waals surface area contributed by atoms with E-state index in [0.29, 0.717) is 11.8 Å². The van der Waals surface area contributed by atoms with E-state index in [2.05, 4.69) is 12.2 Å². The molecule has 0 saturated heterocycles. The van der Waals surface area contributed by atoms with Crippen LogP contribution in [0.2, 0.25) is 0 Å². The molecule has 2 unspecified atom stereocenters. The number of phenols is 1. The van der Waals surface area contributed by atoms with Crippen molar-refractivity contribution in [1.82, 2.24) is 5.32 Å². The summed E-state index contributed by atoms with van der Waals surface area (Å²) in [7, 11) is 0. The quantitative estimate of drug-likeness (QED) is 0.790. The van der Waals surface area contributed by atoms with Crippen LogP contribution >= 0.6 is 0 Å². The zero-order chi connectivity index (χ0) is 11.8. The molecule has 0 spiro atoms. The Bertz CT molecular complexity index is 533. The molecule has 0 saturated carbocycles. The van der Waals surface area contributed by atoms with Crippen molar-refractivity contribution in [2.24, 2.45) is 0 Å². The van der Waals surface area contributed by atoms with Crippen LogP contribution in [0.4, 0.5) is 0 Å². The Labute approximate surface area is 100 Å². The lowest BCUT2D eigenvalue weighted by Crippen LogP contribution is -2.37. The smallest absolute Gasteiger partial charge is 0.115 e. The van der Waals surface area contributed by atoms with E-state index in [1.807, 2.05) is 18.2 Å². The first-order chi connectivity index (χ1) is 8.24. The van der Waals surface area contributed by atoms with Gasteiger partial charge >= 0.3 is 0 Å². The molecule has 17 heavy (non-hydrogen) atoms. The van der Waals surface area contributed by atoms with Crippen molar-refractivity contribution >= 4 is 0 Å². The summed E-state index contributed by atoms with van der Waals surface area (Å²) < 4.78 is 5.51. The molecule has 0 fully saturated rings. The maximum atomic E-state index is 9.56. The summed E-state index contributed by atoms with van der Waals surface area (Å²) in [6, 6.07) is 9.86. The molecular weight excluding hydrogens is 214 g/mol. The molecule has 2 heterocycles. The number of hydrogen-bond acceptors (Lipinski definition) is 3. The molecule has 2 atom stereocenters. The monoisotopic (exact) mass is 229 g/mol. The van der Waals surface area contributed by atoms with Crippen LogP contribution in [-0.4, -0.2) is 11.1 Å². The highest BCUT2D eigenvalue weighted by Gasteiger charge is 2.27. The van der Waals surface area contributed by atoms with Gasteiger partial charge in [0, 0.05) is 18.0 Å². The lowest BCUT2D eigenvalue weighted by molar-refractivity contribution is 0.398. The number of furan rings is 1. The van der Waals surface area contributed by atoms with Crippen molar-refractivity contribution in [2.75, 3.05) is 0 Å². The third-order valence-electron chi connectivity index (χ3n) is 3.24.